The van der Waals surface area contributed by atoms with Crippen molar-refractivity contribution in [2.45, 2.75) is 25.2 Å². The Balaban J connectivity index is 2.65. The molecule has 1 atom stereocenters. The molecule has 10 heteroatoms. The lowest BCUT2D eigenvalue weighted by atomic mass is 9.94. The molecule has 31 heavy (non-hydrogen) atoms. The number of Topliss-reactive ketones (excluding diaryl/α,β-unsaturated/α-hetero) is 1. The van der Waals surface area contributed by atoms with Gasteiger partial charge < -0.3 is 0 Å². The van der Waals surface area contributed by atoms with Crippen LogP contribution < -0.4 is 0 Å². The van der Waals surface area contributed by atoms with Crippen molar-refractivity contribution < 1.29 is 35.5 Å². The Bertz CT molecular complexity index is 1050. The molecule has 0 aliphatic carbocycles. The second-order valence-electron chi connectivity index (χ2n) is 6.46. The molecule has 0 aliphatic heterocycles. The smallest absolute Gasteiger partial charge is 0.294 e. The predicted molar refractivity (Wildman–Crippen MR) is 106 cm³/mol. The molecule has 0 bridgehead atoms. The van der Waals surface area contributed by atoms with E-state index in [0.29, 0.717) is 12.1 Å². The number of hydrogen-bond donors (Lipinski definition) is 0. The number of benzene rings is 2. The first kappa shape index (κ1) is 24.9. The average Bonchev–Trinajstić information content (AvgIpc) is 2.65. The maximum Gasteiger partial charge on any atom is 0.417 e. The Kier molecular flexibility index (Phi) is 7.28. The van der Waals surface area contributed by atoms with Crippen LogP contribution in [0.2, 0.25) is 10.0 Å². The summed E-state index contributed by atoms with van der Waals surface area (Å²) in [5.41, 5.74) is -3.36. The van der Waals surface area contributed by atoms with Crippen LogP contribution in [0.1, 0.15) is 45.5 Å². The summed E-state index contributed by atoms with van der Waals surface area (Å²) in [4.78, 5) is 11.4. The molecule has 1 unspecified atom stereocenters. The minimum absolute atomic E-state index is 0.0552. The fourth-order valence-corrected chi connectivity index (χ4v) is 3.24. The van der Waals surface area contributed by atoms with Crippen molar-refractivity contribution in [1.82, 2.24) is 0 Å². The van der Waals surface area contributed by atoms with Crippen LogP contribution in [0.25, 0.3) is 11.9 Å². The van der Waals surface area contributed by atoms with Gasteiger partial charge in [0.05, 0.1) is 15.6 Å². The number of ketones is 1. The summed E-state index contributed by atoms with van der Waals surface area (Å²) in [5, 5.41) is -0.289. The molecule has 0 saturated carbocycles. The second kappa shape index (κ2) is 9.04. The van der Waals surface area contributed by atoms with Crippen LogP contribution in [0.4, 0.5) is 30.7 Å². The van der Waals surface area contributed by atoms with Gasteiger partial charge in [0.2, 0.25) is 0 Å². The minimum Gasteiger partial charge on any atom is -0.294 e. The molecule has 0 radical (unpaired) electrons. The molecule has 0 aromatic heterocycles. The molecule has 0 amide bonds. The van der Waals surface area contributed by atoms with Gasteiger partial charge >= 0.3 is 12.4 Å². The molecular formula is C21H13Cl2F7O. The van der Waals surface area contributed by atoms with E-state index in [1.807, 2.05) is 0 Å². The number of alkyl halides is 6. The predicted octanol–water partition coefficient (Wildman–Crippen LogP) is 8.51. The first-order chi connectivity index (χ1) is 14.2. The molecule has 0 saturated heterocycles. The maximum atomic E-state index is 14.7. The van der Waals surface area contributed by atoms with Crippen molar-refractivity contribution in [2.75, 3.05) is 0 Å². The van der Waals surface area contributed by atoms with E-state index < -0.39 is 52.1 Å². The third-order valence-electron chi connectivity index (χ3n) is 4.30. The average molecular weight is 485 g/mol. The van der Waals surface area contributed by atoms with Gasteiger partial charge in [-0.3, -0.25) is 4.79 Å². The topological polar surface area (TPSA) is 17.1 Å². The summed E-state index contributed by atoms with van der Waals surface area (Å²) < 4.78 is 95.3. The SMILES string of the molecule is C=Cc1cc(C(/C=C(\F)c2ccc(C(C)=O)c(C(F)(F)F)c2)C(F)(F)F)cc(Cl)c1Cl. The van der Waals surface area contributed by atoms with Crippen LogP contribution >= 0.6 is 23.2 Å². The van der Waals surface area contributed by atoms with Crippen molar-refractivity contribution in [1.29, 1.82) is 0 Å². The monoisotopic (exact) mass is 484 g/mol. The number of hydrogen-bond acceptors (Lipinski definition) is 1. The highest BCUT2D eigenvalue weighted by molar-refractivity contribution is 6.43. The Morgan fingerprint density at radius 2 is 1.68 bits per heavy atom. The van der Waals surface area contributed by atoms with E-state index in [2.05, 4.69) is 6.58 Å². The minimum atomic E-state index is -5.01. The number of carbonyl (C=O) groups excluding carboxylic acids is 1. The van der Waals surface area contributed by atoms with Crippen LogP contribution in [-0.4, -0.2) is 12.0 Å². The molecule has 0 fully saturated rings. The van der Waals surface area contributed by atoms with Gasteiger partial charge in [-0.15, -0.1) is 0 Å². The van der Waals surface area contributed by atoms with E-state index in [0.717, 1.165) is 31.2 Å². The Labute approximate surface area is 182 Å². The Morgan fingerprint density at radius 3 is 2.16 bits per heavy atom. The lowest BCUT2D eigenvalue weighted by Crippen LogP contribution is -2.19. The fourth-order valence-electron chi connectivity index (χ4n) is 2.82. The summed E-state index contributed by atoms with van der Waals surface area (Å²) in [5.74, 6) is -5.03. The van der Waals surface area contributed by atoms with Crippen molar-refractivity contribution in [3.8, 4) is 0 Å². The number of rotatable bonds is 5. The molecule has 166 valence electrons. The lowest BCUT2D eigenvalue weighted by molar-refractivity contribution is -0.140. The normalized spacial score (nSPS) is 13.8. The lowest BCUT2D eigenvalue weighted by Gasteiger charge is -2.19. The summed E-state index contributed by atoms with van der Waals surface area (Å²) in [6.45, 7) is 4.30. The van der Waals surface area contributed by atoms with Crippen molar-refractivity contribution in [2.24, 2.45) is 0 Å². The van der Waals surface area contributed by atoms with Crippen molar-refractivity contribution in [3.05, 3.63) is 80.8 Å². The summed E-state index contributed by atoms with van der Waals surface area (Å²) in [7, 11) is 0. The number of carbonyl (C=O) groups is 1. The highest BCUT2D eigenvalue weighted by Crippen LogP contribution is 2.42. The van der Waals surface area contributed by atoms with E-state index >= 15 is 0 Å². The molecule has 2 rings (SSSR count). The standard InChI is InChI=1S/C21H13Cl2F7O/c1-3-11-6-13(8-17(22)19(11)23)15(20(25,26)27)9-18(24)12-4-5-14(10(2)31)16(7-12)21(28,29)30/h3-9,15H,1H2,2H3/b18-9-. The summed E-state index contributed by atoms with van der Waals surface area (Å²) in [6.07, 6.45) is -8.72. The highest BCUT2D eigenvalue weighted by atomic mass is 35.5. The molecule has 1 nitrogen and oxygen atoms in total. The van der Waals surface area contributed by atoms with Crippen LogP contribution in [-0.2, 0) is 6.18 Å². The molecule has 2 aromatic rings. The third kappa shape index (κ3) is 5.68. The molecule has 0 N–H and O–H groups in total. The highest BCUT2D eigenvalue weighted by Gasteiger charge is 2.41. The summed E-state index contributed by atoms with van der Waals surface area (Å²) >= 11 is 11.7. The largest absolute Gasteiger partial charge is 0.417 e. The Hall–Kier alpha value is -2.32. The molecule has 0 spiro atoms. The van der Waals surface area contributed by atoms with Gasteiger partial charge in [-0.05, 0) is 42.3 Å². The molecule has 2 aromatic carbocycles. The third-order valence-corrected chi connectivity index (χ3v) is 5.12. The van der Waals surface area contributed by atoms with Gasteiger partial charge in [0.1, 0.15) is 11.7 Å². The van der Waals surface area contributed by atoms with Gasteiger partial charge in [0, 0.05) is 11.1 Å². The van der Waals surface area contributed by atoms with E-state index in [1.54, 1.807) is 0 Å². The van der Waals surface area contributed by atoms with Gasteiger partial charge in [-0.2, -0.15) is 26.3 Å². The van der Waals surface area contributed by atoms with E-state index in [-0.39, 0.29) is 21.7 Å². The zero-order valence-electron chi connectivity index (χ0n) is 15.6. The first-order valence-electron chi connectivity index (χ1n) is 8.44. The van der Waals surface area contributed by atoms with Crippen LogP contribution in [0, 0.1) is 0 Å². The second-order valence-corrected chi connectivity index (χ2v) is 7.24. The van der Waals surface area contributed by atoms with Crippen LogP contribution in [0.5, 0.6) is 0 Å². The summed E-state index contributed by atoms with van der Waals surface area (Å²) in [6, 6.07) is 3.70. The van der Waals surface area contributed by atoms with Gasteiger partial charge in [-0.1, -0.05) is 48.0 Å². The number of allylic oxidation sites excluding steroid dienone is 1. The van der Waals surface area contributed by atoms with Crippen LogP contribution in [0.3, 0.4) is 0 Å². The van der Waals surface area contributed by atoms with Gasteiger partial charge in [0.15, 0.2) is 5.78 Å². The number of halogens is 9. The molecule has 0 aliphatic rings. The zero-order valence-corrected chi connectivity index (χ0v) is 17.1. The van der Waals surface area contributed by atoms with Crippen LogP contribution in [0.15, 0.2) is 43.0 Å². The van der Waals surface area contributed by atoms with Gasteiger partial charge in [0.25, 0.3) is 0 Å². The van der Waals surface area contributed by atoms with E-state index in [4.69, 9.17) is 23.2 Å². The molecule has 0 heterocycles. The van der Waals surface area contributed by atoms with E-state index in [9.17, 15) is 35.5 Å². The fraction of sp³-hybridized carbons (Fsp3) is 0.190. The Morgan fingerprint density at radius 1 is 1.06 bits per heavy atom. The quantitative estimate of drug-likeness (QED) is 0.307. The maximum absolute atomic E-state index is 14.7. The van der Waals surface area contributed by atoms with E-state index in [1.165, 1.54) is 0 Å². The van der Waals surface area contributed by atoms with Gasteiger partial charge in [-0.25, -0.2) is 4.39 Å². The van der Waals surface area contributed by atoms with Crippen molar-refractivity contribution in [3.63, 3.8) is 0 Å². The molecular weight excluding hydrogens is 472 g/mol. The van der Waals surface area contributed by atoms with Crippen molar-refractivity contribution >= 4 is 40.9 Å². The zero-order chi connectivity index (χ0) is 23.7. The first-order valence-corrected chi connectivity index (χ1v) is 9.20.